The van der Waals surface area contributed by atoms with E-state index in [9.17, 15) is 25.2 Å². The number of allylic oxidation sites excluding steroid dienone is 2. The van der Waals surface area contributed by atoms with E-state index in [0.717, 1.165) is 12.0 Å². The zero-order valence-electron chi connectivity index (χ0n) is 38.8. The molecule has 0 aromatic rings. The number of fused-ring (bicyclic) bond motifs is 2. The minimum atomic E-state index is -1.87. The number of aliphatic hydroxyl groups excluding tert-OH is 3. The molecule has 7 aliphatic rings. The fourth-order valence-corrected chi connectivity index (χ4v) is 11.0. The van der Waals surface area contributed by atoms with Crippen molar-refractivity contribution in [2.75, 3.05) is 20.8 Å². The van der Waals surface area contributed by atoms with Crippen LogP contribution in [0.1, 0.15) is 100 Å². The molecule has 6 heterocycles. The highest BCUT2D eigenvalue weighted by molar-refractivity contribution is 5.78. The lowest BCUT2D eigenvalue weighted by Crippen LogP contribution is -2.60. The lowest BCUT2D eigenvalue weighted by molar-refractivity contribution is -0.354. The van der Waals surface area contributed by atoms with Crippen LogP contribution in [-0.4, -0.2) is 151 Å². The summed E-state index contributed by atoms with van der Waals surface area (Å²) in [5.74, 6) is -3.19. The molecule has 7 rings (SSSR count). The van der Waals surface area contributed by atoms with Crippen molar-refractivity contribution >= 4 is 5.97 Å². The van der Waals surface area contributed by atoms with E-state index in [1.165, 1.54) is 0 Å². The van der Waals surface area contributed by atoms with Crippen molar-refractivity contribution in [3.05, 3.63) is 47.1 Å². The fourth-order valence-electron chi connectivity index (χ4n) is 11.0. The van der Waals surface area contributed by atoms with E-state index < -0.39 is 109 Å². The van der Waals surface area contributed by atoms with Gasteiger partial charge in [-0.1, -0.05) is 64.5 Å². The summed E-state index contributed by atoms with van der Waals surface area (Å²) in [4.78, 5) is 14.4. The number of hydrogen-bond donors (Lipinski definition) is 4. The van der Waals surface area contributed by atoms with E-state index in [-0.39, 0.29) is 43.3 Å². The highest BCUT2D eigenvalue weighted by atomic mass is 16.7. The third kappa shape index (κ3) is 9.98. The van der Waals surface area contributed by atoms with Crippen LogP contribution in [0.25, 0.3) is 0 Å². The SMILES string of the molecule is CC[C@H](C)[C@H]1O[C@@]2(C[C@@H]3C[C@@H](CC=C(C)[C@@H](O[C@H]4C[C@H](OC)[C@@H](O[C@H]5C[C@H](OC)[C@@H](O)[C@H](C)O5)[C@H](C)O4)[C@@H](C)C=CC=C4CO[C@@H]5[C@H](O)C(C)=C[C@@H](C(=O)O3)[C@]45O)O2)C[C@H](O)[C@@H]1C. The molecule has 15 heteroatoms. The summed E-state index contributed by atoms with van der Waals surface area (Å²) in [7, 11) is 3.20. The largest absolute Gasteiger partial charge is 0.462 e. The van der Waals surface area contributed by atoms with Gasteiger partial charge in [0.1, 0.15) is 42.0 Å². The molecule has 63 heavy (non-hydrogen) atoms. The van der Waals surface area contributed by atoms with Gasteiger partial charge in [0.05, 0.1) is 55.4 Å². The Labute approximate surface area is 373 Å². The van der Waals surface area contributed by atoms with Crippen molar-refractivity contribution in [1.29, 1.82) is 0 Å². The van der Waals surface area contributed by atoms with Gasteiger partial charge >= 0.3 is 5.97 Å². The standard InChI is InChI=1S/C48H74O15/c1-11-24(2)43-28(6)35(49)22-47(63-43)21-33-18-32(62-47)16-15-26(4)42(25(3)13-12-14-31-23-56-45-40(50)27(5)17-34(46(52)59-33)48(31,45)53)60-39-20-37(55-10)44(30(8)58-39)61-38-19-36(54-9)41(51)29(7)57-38/h12-15,17,24-25,28-30,32-45,49-51,53H,11,16,18-23H2,1-10H3/t24-,25-,28-,29-,30-,32+,33-,34-,35-,36-,37-,38-,39-,40+,41-,42-,43+,44-,45+,47-,48+/m0/s1. The lowest BCUT2D eigenvalue weighted by atomic mass is 9.71. The van der Waals surface area contributed by atoms with Crippen molar-refractivity contribution < 1.29 is 72.6 Å². The molecule has 0 aromatic carbocycles. The summed E-state index contributed by atoms with van der Waals surface area (Å²) >= 11 is 0. The van der Waals surface area contributed by atoms with Crippen LogP contribution in [-0.2, 0) is 52.2 Å². The van der Waals surface area contributed by atoms with E-state index in [2.05, 4.69) is 19.9 Å². The summed E-state index contributed by atoms with van der Waals surface area (Å²) < 4.78 is 63.6. The van der Waals surface area contributed by atoms with E-state index in [1.54, 1.807) is 40.2 Å². The molecule has 5 saturated heterocycles. The van der Waals surface area contributed by atoms with E-state index in [0.29, 0.717) is 36.8 Å². The van der Waals surface area contributed by atoms with E-state index in [1.807, 2.05) is 39.8 Å². The van der Waals surface area contributed by atoms with Crippen LogP contribution in [0.4, 0.5) is 0 Å². The zero-order chi connectivity index (χ0) is 45.5. The van der Waals surface area contributed by atoms with Gasteiger partial charge in [0.15, 0.2) is 18.4 Å². The maximum Gasteiger partial charge on any atom is 0.316 e. The third-order valence-electron chi connectivity index (χ3n) is 15.0. The van der Waals surface area contributed by atoms with E-state index >= 15 is 0 Å². The van der Waals surface area contributed by atoms with Gasteiger partial charge in [-0.25, -0.2) is 0 Å². The topological polar surface area (TPSA) is 190 Å². The van der Waals surface area contributed by atoms with Crippen LogP contribution in [0.3, 0.4) is 0 Å². The summed E-state index contributed by atoms with van der Waals surface area (Å²) in [5.41, 5.74) is 0.0234. The lowest BCUT2D eigenvalue weighted by Gasteiger charge is -2.52. The molecular formula is C48H74O15. The van der Waals surface area contributed by atoms with Crippen molar-refractivity contribution in [3.63, 3.8) is 0 Å². The Morgan fingerprint density at radius 3 is 2.30 bits per heavy atom. The molecule has 0 saturated carbocycles. The van der Waals surface area contributed by atoms with Gasteiger partial charge in [-0.05, 0) is 56.8 Å². The molecule has 1 spiro atoms. The molecule has 21 atom stereocenters. The molecule has 0 radical (unpaired) electrons. The first-order chi connectivity index (χ1) is 29.9. The second-order valence-electron chi connectivity index (χ2n) is 19.5. The quantitative estimate of drug-likeness (QED) is 0.196. The van der Waals surface area contributed by atoms with Crippen LogP contribution in [0.5, 0.6) is 0 Å². The molecule has 356 valence electrons. The van der Waals surface area contributed by atoms with Gasteiger partial charge in [0.2, 0.25) is 0 Å². The van der Waals surface area contributed by atoms with Crippen molar-refractivity contribution in [1.82, 2.24) is 0 Å². The second kappa shape index (κ2) is 20.0. The first-order valence-corrected chi connectivity index (χ1v) is 23.3. The second-order valence-corrected chi connectivity index (χ2v) is 19.5. The molecule has 0 unspecified atom stereocenters. The van der Waals surface area contributed by atoms with Gasteiger partial charge < -0.3 is 67.8 Å². The van der Waals surface area contributed by atoms with Crippen LogP contribution >= 0.6 is 0 Å². The van der Waals surface area contributed by atoms with Crippen LogP contribution in [0.2, 0.25) is 0 Å². The minimum absolute atomic E-state index is 0.0109. The highest BCUT2D eigenvalue weighted by Gasteiger charge is 2.60. The molecule has 0 amide bonds. The first-order valence-electron chi connectivity index (χ1n) is 23.3. The van der Waals surface area contributed by atoms with Crippen molar-refractivity contribution in [3.8, 4) is 0 Å². The maximum atomic E-state index is 14.4. The van der Waals surface area contributed by atoms with Gasteiger partial charge in [0.25, 0.3) is 0 Å². The molecule has 15 nitrogen and oxygen atoms in total. The Morgan fingerprint density at radius 1 is 0.889 bits per heavy atom. The number of methoxy groups -OCH3 is 2. The number of carbonyl (C=O) groups is 1. The zero-order valence-corrected chi connectivity index (χ0v) is 38.8. The maximum absolute atomic E-state index is 14.4. The first kappa shape index (κ1) is 48.8. The Hall–Kier alpha value is -2.09. The average Bonchev–Trinajstić information content (AvgIpc) is 3.59. The summed E-state index contributed by atoms with van der Waals surface area (Å²) in [5, 5.41) is 45.7. The number of aliphatic hydroxyl groups is 4. The summed E-state index contributed by atoms with van der Waals surface area (Å²) in [6.07, 6.45) is 3.00. The Kier molecular flexibility index (Phi) is 15.5. The monoisotopic (exact) mass is 891 g/mol. The molecule has 2 bridgehead atoms. The summed E-state index contributed by atoms with van der Waals surface area (Å²) in [6, 6.07) is 0. The predicted molar refractivity (Wildman–Crippen MR) is 229 cm³/mol. The number of carbonyl (C=O) groups excluding carboxylic acids is 1. The van der Waals surface area contributed by atoms with E-state index in [4.69, 9.17) is 47.4 Å². The Bertz CT molecular complexity index is 1710. The normalized spacial score (nSPS) is 47.8. The molecule has 6 aliphatic heterocycles. The molecule has 1 aliphatic carbocycles. The highest BCUT2D eigenvalue weighted by Crippen LogP contribution is 2.48. The Morgan fingerprint density at radius 2 is 1.59 bits per heavy atom. The van der Waals surface area contributed by atoms with Crippen LogP contribution < -0.4 is 0 Å². The van der Waals surface area contributed by atoms with Crippen molar-refractivity contribution in [2.24, 2.45) is 23.7 Å². The van der Waals surface area contributed by atoms with Gasteiger partial charge in [-0.15, -0.1) is 0 Å². The number of ether oxygens (including phenoxy) is 10. The number of hydrogen-bond acceptors (Lipinski definition) is 15. The molecule has 4 N–H and O–H groups in total. The third-order valence-corrected chi connectivity index (χ3v) is 15.0. The van der Waals surface area contributed by atoms with Crippen LogP contribution in [0.15, 0.2) is 47.1 Å². The van der Waals surface area contributed by atoms with Gasteiger partial charge in [-0.3, -0.25) is 4.79 Å². The predicted octanol–water partition coefficient (Wildman–Crippen LogP) is 4.57. The molecular weight excluding hydrogens is 817 g/mol. The van der Waals surface area contributed by atoms with Gasteiger partial charge in [-0.2, -0.15) is 0 Å². The summed E-state index contributed by atoms with van der Waals surface area (Å²) in [6.45, 7) is 15.7. The smallest absolute Gasteiger partial charge is 0.316 e. The fraction of sp³-hybridized carbons (Fsp3) is 0.812. The van der Waals surface area contributed by atoms with Gasteiger partial charge in [0, 0.05) is 58.2 Å². The Balaban J connectivity index is 1.19. The average molecular weight is 891 g/mol. The van der Waals surface area contributed by atoms with Crippen LogP contribution in [0, 0.1) is 23.7 Å². The number of rotatable bonds is 8. The number of esters is 1. The van der Waals surface area contributed by atoms with Crippen molar-refractivity contribution in [2.45, 2.75) is 204 Å². The molecule has 0 aromatic heterocycles. The molecule has 5 fully saturated rings. The minimum Gasteiger partial charge on any atom is -0.462 e.